The lowest BCUT2D eigenvalue weighted by molar-refractivity contribution is 0.140. The van der Waals surface area contributed by atoms with Crippen LogP contribution in [0.1, 0.15) is 41.4 Å². The first-order chi connectivity index (χ1) is 10.8. The summed E-state index contributed by atoms with van der Waals surface area (Å²) in [5, 5.41) is 3.33. The van der Waals surface area contributed by atoms with Crippen LogP contribution < -0.4 is 9.47 Å². The first-order valence-electron chi connectivity index (χ1n) is 7.84. The molecular weight excluding hydrogens is 296 g/mol. The standard InChI is InChI=1S/C17H20N2O2S/c1-12-8-15-16(21-11-20-15)9-13(12)10-19-6-3-2-4-14(19)17-18-5-7-22-17/h5,7-9,14H,2-4,6,10-11H2,1H3/t14-/m1/s1. The minimum Gasteiger partial charge on any atom is -0.454 e. The van der Waals surface area contributed by atoms with Crippen LogP contribution in [-0.2, 0) is 6.54 Å². The van der Waals surface area contributed by atoms with Crippen molar-refractivity contribution in [3.8, 4) is 11.5 Å². The van der Waals surface area contributed by atoms with Crippen LogP contribution in [0.3, 0.4) is 0 Å². The molecule has 0 saturated carbocycles. The van der Waals surface area contributed by atoms with Gasteiger partial charge in [-0.25, -0.2) is 4.98 Å². The van der Waals surface area contributed by atoms with Crippen molar-refractivity contribution >= 4 is 11.3 Å². The number of benzene rings is 1. The van der Waals surface area contributed by atoms with Gasteiger partial charge in [0, 0.05) is 18.1 Å². The molecule has 116 valence electrons. The summed E-state index contributed by atoms with van der Waals surface area (Å²) in [7, 11) is 0. The summed E-state index contributed by atoms with van der Waals surface area (Å²) in [5.74, 6) is 1.75. The van der Waals surface area contributed by atoms with E-state index in [2.05, 4.69) is 34.3 Å². The second kappa shape index (κ2) is 5.89. The van der Waals surface area contributed by atoms with Gasteiger partial charge in [0.2, 0.25) is 6.79 Å². The number of aryl methyl sites for hydroxylation is 1. The molecule has 0 N–H and O–H groups in total. The monoisotopic (exact) mass is 316 g/mol. The van der Waals surface area contributed by atoms with Crippen LogP contribution in [0.25, 0.3) is 0 Å². The molecule has 22 heavy (non-hydrogen) atoms. The van der Waals surface area contributed by atoms with E-state index >= 15 is 0 Å². The van der Waals surface area contributed by atoms with E-state index in [4.69, 9.17) is 9.47 Å². The van der Waals surface area contributed by atoms with Crippen LogP contribution in [-0.4, -0.2) is 23.2 Å². The van der Waals surface area contributed by atoms with Crippen molar-refractivity contribution in [1.82, 2.24) is 9.88 Å². The van der Waals surface area contributed by atoms with E-state index in [0.717, 1.165) is 24.6 Å². The normalized spacial score (nSPS) is 21.2. The van der Waals surface area contributed by atoms with E-state index in [0.29, 0.717) is 12.8 Å². The Morgan fingerprint density at radius 3 is 2.95 bits per heavy atom. The number of likely N-dealkylation sites (tertiary alicyclic amines) is 1. The molecule has 2 aromatic rings. The van der Waals surface area contributed by atoms with E-state index in [1.54, 1.807) is 11.3 Å². The second-order valence-corrected chi connectivity index (χ2v) is 6.91. The van der Waals surface area contributed by atoms with E-state index in [1.165, 1.54) is 35.4 Å². The van der Waals surface area contributed by atoms with Crippen LogP contribution in [0.4, 0.5) is 0 Å². The number of ether oxygens (including phenoxy) is 2. The molecule has 2 aliphatic heterocycles. The van der Waals surface area contributed by atoms with Crippen LogP contribution in [0.2, 0.25) is 0 Å². The molecule has 1 atom stereocenters. The van der Waals surface area contributed by atoms with Gasteiger partial charge >= 0.3 is 0 Å². The Labute approximate surface area is 134 Å². The molecule has 3 heterocycles. The fourth-order valence-electron chi connectivity index (χ4n) is 3.33. The van der Waals surface area contributed by atoms with Gasteiger partial charge in [-0.1, -0.05) is 6.42 Å². The Bertz CT molecular complexity index is 657. The number of nitrogens with zero attached hydrogens (tertiary/aromatic N) is 2. The maximum Gasteiger partial charge on any atom is 0.231 e. The van der Waals surface area contributed by atoms with Gasteiger partial charge in [-0.15, -0.1) is 11.3 Å². The van der Waals surface area contributed by atoms with Crippen molar-refractivity contribution in [3.63, 3.8) is 0 Å². The van der Waals surface area contributed by atoms with Crippen molar-refractivity contribution in [2.24, 2.45) is 0 Å². The lowest BCUT2D eigenvalue weighted by Crippen LogP contribution is -2.33. The highest BCUT2D eigenvalue weighted by molar-refractivity contribution is 7.09. The topological polar surface area (TPSA) is 34.6 Å². The molecule has 4 rings (SSSR count). The largest absolute Gasteiger partial charge is 0.454 e. The third-order valence-electron chi connectivity index (χ3n) is 4.55. The molecule has 1 aromatic heterocycles. The van der Waals surface area contributed by atoms with Crippen molar-refractivity contribution in [3.05, 3.63) is 39.8 Å². The van der Waals surface area contributed by atoms with Gasteiger partial charge in [-0.05, 0) is 49.6 Å². The zero-order chi connectivity index (χ0) is 14.9. The Morgan fingerprint density at radius 1 is 1.27 bits per heavy atom. The zero-order valence-corrected chi connectivity index (χ0v) is 13.6. The number of fused-ring (bicyclic) bond motifs is 1. The molecule has 0 unspecified atom stereocenters. The van der Waals surface area contributed by atoms with Crippen LogP contribution >= 0.6 is 11.3 Å². The van der Waals surface area contributed by atoms with Gasteiger partial charge in [0.25, 0.3) is 0 Å². The molecule has 0 bridgehead atoms. The van der Waals surface area contributed by atoms with Crippen LogP contribution in [0.5, 0.6) is 11.5 Å². The molecule has 0 amide bonds. The summed E-state index contributed by atoms with van der Waals surface area (Å²) in [6.07, 6.45) is 5.68. The molecular formula is C17H20N2O2S. The predicted molar refractivity (Wildman–Crippen MR) is 86.4 cm³/mol. The average molecular weight is 316 g/mol. The van der Waals surface area contributed by atoms with E-state index in [9.17, 15) is 0 Å². The Hall–Kier alpha value is -1.59. The summed E-state index contributed by atoms with van der Waals surface area (Å²) in [5.41, 5.74) is 2.60. The van der Waals surface area contributed by atoms with E-state index < -0.39 is 0 Å². The number of piperidine rings is 1. The fourth-order valence-corrected chi connectivity index (χ4v) is 4.14. The molecule has 1 fully saturated rings. The molecule has 4 nitrogen and oxygen atoms in total. The Kier molecular flexibility index (Phi) is 3.76. The minimum atomic E-state index is 0.337. The van der Waals surface area contributed by atoms with Gasteiger partial charge < -0.3 is 9.47 Å². The number of hydrogen-bond acceptors (Lipinski definition) is 5. The maximum atomic E-state index is 5.53. The Balaban J connectivity index is 1.59. The quantitative estimate of drug-likeness (QED) is 0.860. The molecule has 0 spiro atoms. The van der Waals surface area contributed by atoms with Gasteiger partial charge in [0.05, 0.1) is 6.04 Å². The zero-order valence-electron chi connectivity index (χ0n) is 12.7. The highest BCUT2D eigenvalue weighted by Gasteiger charge is 2.27. The SMILES string of the molecule is Cc1cc2c(cc1CN1CCCC[C@@H]1c1nccs1)OCO2. The van der Waals surface area contributed by atoms with Crippen molar-refractivity contribution in [2.75, 3.05) is 13.3 Å². The third-order valence-corrected chi connectivity index (χ3v) is 5.43. The third kappa shape index (κ3) is 2.59. The lowest BCUT2D eigenvalue weighted by Gasteiger charge is -2.34. The number of thiazole rings is 1. The van der Waals surface area contributed by atoms with Gasteiger partial charge in [-0.3, -0.25) is 4.90 Å². The van der Waals surface area contributed by atoms with Gasteiger partial charge in [-0.2, -0.15) is 0 Å². The second-order valence-electron chi connectivity index (χ2n) is 5.98. The Morgan fingerprint density at radius 2 is 2.14 bits per heavy atom. The van der Waals surface area contributed by atoms with E-state index in [-0.39, 0.29) is 0 Å². The fraction of sp³-hybridized carbons (Fsp3) is 0.471. The molecule has 0 aliphatic carbocycles. The molecule has 1 saturated heterocycles. The summed E-state index contributed by atoms with van der Waals surface area (Å²) in [4.78, 5) is 7.11. The van der Waals surface area contributed by atoms with Crippen LogP contribution in [0, 0.1) is 6.92 Å². The molecule has 2 aliphatic rings. The van der Waals surface area contributed by atoms with Gasteiger partial charge in [0.1, 0.15) is 5.01 Å². The minimum absolute atomic E-state index is 0.337. The molecule has 5 heteroatoms. The van der Waals surface area contributed by atoms with Crippen molar-refractivity contribution in [2.45, 2.75) is 38.8 Å². The highest BCUT2D eigenvalue weighted by atomic mass is 32.1. The predicted octanol–water partition coefficient (Wildman–Crippen LogP) is 3.91. The number of hydrogen-bond donors (Lipinski definition) is 0. The summed E-state index contributed by atoms with van der Waals surface area (Å²) in [6.45, 7) is 4.58. The maximum absolute atomic E-state index is 5.53. The van der Waals surface area contributed by atoms with Crippen LogP contribution in [0.15, 0.2) is 23.7 Å². The molecule has 1 aromatic carbocycles. The summed E-state index contributed by atoms with van der Waals surface area (Å²) >= 11 is 1.77. The highest BCUT2D eigenvalue weighted by Crippen LogP contribution is 2.37. The summed E-state index contributed by atoms with van der Waals surface area (Å²) < 4.78 is 11.0. The van der Waals surface area contributed by atoms with Crippen molar-refractivity contribution < 1.29 is 9.47 Å². The lowest BCUT2D eigenvalue weighted by atomic mass is 10.00. The number of aromatic nitrogens is 1. The first kappa shape index (κ1) is 14.0. The number of rotatable bonds is 3. The summed E-state index contributed by atoms with van der Waals surface area (Å²) in [6, 6.07) is 4.70. The average Bonchev–Trinajstić information content (AvgIpc) is 3.19. The van der Waals surface area contributed by atoms with E-state index in [1.807, 2.05) is 6.20 Å². The molecule has 0 radical (unpaired) electrons. The van der Waals surface area contributed by atoms with Gasteiger partial charge in [0.15, 0.2) is 11.5 Å². The smallest absolute Gasteiger partial charge is 0.231 e. The van der Waals surface area contributed by atoms with Crippen molar-refractivity contribution in [1.29, 1.82) is 0 Å². The first-order valence-corrected chi connectivity index (χ1v) is 8.72.